The summed E-state index contributed by atoms with van der Waals surface area (Å²) in [6.07, 6.45) is 0. The monoisotopic (exact) mass is 248 g/mol. The highest BCUT2D eigenvalue weighted by Gasteiger charge is 2.08. The number of hydrogen-bond acceptors (Lipinski definition) is 4. The molecule has 0 aliphatic heterocycles. The van der Waals surface area contributed by atoms with E-state index >= 15 is 0 Å². The predicted molar refractivity (Wildman–Crippen MR) is 71.3 cm³/mol. The van der Waals surface area contributed by atoms with E-state index in [1.807, 2.05) is 43.5 Å². The maximum Gasteiger partial charge on any atom is 0.119 e. The van der Waals surface area contributed by atoms with Gasteiger partial charge in [-0.2, -0.15) is 0 Å². The molecule has 90 valence electrons. The number of benzene rings is 1. The van der Waals surface area contributed by atoms with Crippen LogP contribution in [0.25, 0.3) is 11.3 Å². The molecular formula is C13H16N2OS. The molecule has 17 heavy (non-hydrogen) atoms. The molecule has 1 unspecified atom stereocenters. The number of hydrogen-bond donors (Lipinski definition) is 1. The summed E-state index contributed by atoms with van der Waals surface area (Å²) in [5, 5.41) is 2.99. The van der Waals surface area contributed by atoms with Crippen LogP contribution in [0.15, 0.2) is 29.6 Å². The third-order valence-electron chi connectivity index (χ3n) is 2.35. The van der Waals surface area contributed by atoms with E-state index in [0.29, 0.717) is 6.61 Å². The molecule has 3 nitrogen and oxygen atoms in total. The Labute approximate surface area is 105 Å². The van der Waals surface area contributed by atoms with E-state index in [0.717, 1.165) is 22.0 Å². The topological polar surface area (TPSA) is 48.1 Å². The van der Waals surface area contributed by atoms with Crippen molar-refractivity contribution >= 4 is 11.3 Å². The molecule has 0 aliphatic carbocycles. The van der Waals surface area contributed by atoms with Gasteiger partial charge in [-0.05, 0) is 26.0 Å². The van der Waals surface area contributed by atoms with Gasteiger partial charge in [-0.25, -0.2) is 4.98 Å². The van der Waals surface area contributed by atoms with E-state index in [4.69, 9.17) is 10.5 Å². The fourth-order valence-corrected chi connectivity index (χ4v) is 2.33. The highest BCUT2D eigenvalue weighted by molar-refractivity contribution is 7.10. The SMILES string of the molecule is CCOc1cccc(-c2csc(C(C)N)n2)c1. The first kappa shape index (κ1) is 12.1. The minimum absolute atomic E-state index is 0.0103. The molecule has 0 amide bonds. The molecule has 2 rings (SSSR count). The first-order valence-corrected chi connectivity index (χ1v) is 6.53. The predicted octanol–water partition coefficient (Wildman–Crippen LogP) is 3.23. The number of ether oxygens (including phenoxy) is 1. The van der Waals surface area contributed by atoms with E-state index in [1.165, 1.54) is 0 Å². The van der Waals surface area contributed by atoms with Crippen LogP contribution in [-0.4, -0.2) is 11.6 Å². The Morgan fingerprint density at radius 3 is 2.94 bits per heavy atom. The summed E-state index contributed by atoms with van der Waals surface area (Å²) in [6.45, 7) is 4.59. The van der Waals surface area contributed by atoms with Gasteiger partial charge >= 0.3 is 0 Å². The average Bonchev–Trinajstić information content (AvgIpc) is 2.79. The zero-order valence-electron chi connectivity index (χ0n) is 10.0. The fourth-order valence-electron chi connectivity index (χ4n) is 1.54. The van der Waals surface area contributed by atoms with E-state index in [9.17, 15) is 0 Å². The van der Waals surface area contributed by atoms with Crippen molar-refractivity contribution in [1.29, 1.82) is 0 Å². The highest BCUT2D eigenvalue weighted by atomic mass is 32.1. The molecule has 1 aromatic heterocycles. The van der Waals surface area contributed by atoms with E-state index < -0.39 is 0 Å². The Morgan fingerprint density at radius 2 is 2.29 bits per heavy atom. The summed E-state index contributed by atoms with van der Waals surface area (Å²) < 4.78 is 5.47. The van der Waals surface area contributed by atoms with Crippen molar-refractivity contribution in [1.82, 2.24) is 4.98 Å². The molecule has 0 saturated carbocycles. The molecule has 0 spiro atoms. The average molecular weight is 248 g/mol. The van der Waals surface area contributed by atoms with Gasteiger partial charge in [-0.15, -0.1) is 11.3 Å². The van der Waals surface area contributed by atoms with Crippen molar-refractivity contribution in [3.63, 3.8) is 0 Å². The van der Waals surface area contributed by atoms with Crippen LogP contribution < -0.4 is 10.5 Å². The molecule has 0 bridgehead atoms. The highest BCUT2D eigenvalue weighted by Crippen LogP contribution is 2.27. The van der Waals surface area contributed by atoms with E-state index in [-0.39, 0.29) is 6.04 Å². The zero-order chi connectivity index (χ0) is 12.3. The van der Waals surface area contributed by atoms with Gasteiger partial charge in [0, 0.05) is 10.9 Å². The van der Waals surface area contributed by atoms with Crippen LogP contribution in [0.4, 0.5) is 0 Å². The third kappa shape index (κ3) is 2.84. The summed E-state index contributed by atoms with van der Waals surface area (Å²) in [6, 6.07) is 7.95. The van der Waals surface area contributed by atoms with Gasteiger partial charge < -0.3 is 10.5 Å². The minimum Gasteiger partial charge on any atom is -0.494 e. The maximum atomic E-state index is 5.81. The fraction of sp³-hybridized carbons (Fsp3) is 0.308. The Bertz CT molecular complexity index is 494. The standard InChI is InChI=1S/C13H16N2OS/c1-3-16-11-6-4-5-10(7-11)12-8-17-13(15-12)9(2)14/h4-9H,3,14H2,1-2H3. The molecule has 0 radical (unpaired) electrons. The van der Waals surface area contributed by atoms with Crippen LogP contribution in [0.5, 0.6) is 5.75 Å². The van der Waals surface area contributed by atoms with Gasteiger partial charge in [-0.3, -0.25) is 0 Å². The Hall–Kier alpha value is -1.39. The second kappa shape index (κ2) is 5.29. The molecule has 2 aromatic rings. The third-order valence-corrected chi connectivity index (χ3v) is 3.40. The summed E-state index contributed by atoms with van der Waals surface area (Å²) >= 11 is 1.59. The van der Waals surface area contributed by atoms with Gasteiger partial charge in [-0.1, -0.05) is 12.1 Å². The van der Waals surface area contributed by atoms with Crippen LogP contribution >= 0.6 is 11.3 Å². The van der Waals surface area contributed by atoms with Gasteiger partial charge in [0.05, 0.1) is 18.3 Å². The lowest BCUT2D eigenvalue weighted by Crippen LogP contribution is -2.03. The molecule has 0 saturated heterocycles. The van der Waals surface area contributed by atoms with Crippen molar-refractivity contribution in [3.05, 3.63) is 34.7 Å². The number of nitrogens with two attached hydrogens (primary N) is 1. The number of nitrogens with zero attached hydrogens (tertiary/aromatic N) is 1. The summed E-state index contributed by atoms with van der Waals surface area (Å²) in [5.41, 5.74) is 7.84. The van der Waals surface area contributed by atoms with Crippen LogP contribution in [-0.2, 0) is 0 Å². The van der Waals surface area contributed by atoms with Crippen molar-refractivity contribution < 1.29 is 4.74 Å². The van der Waals surface area contributed by atoms with Crippen LogP contribution in [0.2, 0.25) is 0 Å². The normalized spacial score (nSPS) is 12.4. The van der Waals surface area contributed by atoms with Crippen molar-refractivity contribution in [2.45, 2.75) is 19.9 Å². The lowest BCUT2D eigenvalue weighted by Gasteiger charge is -2.04. The minimum atomic E-state index is -0.0103. The molecule has 1 atom stereocenters. The van der Waals surface area contributed by atoms with Crippen LogP contribution in [0, 0.1) is 0 Å². The summed E-state index contributed by atoms with van der Waals surface area (Å²) in [4.78, 5) is 4.52. The maximum absolute atomic E-state index is 5.81. The molecular weight excluding hydrogens is 232 g/mol. The van der Waals surface area contributed by atoms with Gasteiger partial charge in [0.1, 0.15) is 10.8 Å². The van der Waals surface area contributed by atoms with Gasteiger partial charge in [0.15, 0.2) is 0 Å². The quantitative estimate of drug-likeness (QED) is 0.903. The number of aromatic nitrogens is 1. The second-order valence-electron chi connectivity index (χ2n) is 3.82. The summed E-state index contributed by atoms with van der Waals surface area (Å²) in [7, 11) is 0. The van der Waals surface area contributed by atoms with E-state index in [1.54, 1.807) is 11.3 Å². The van der Waals surface area contributed by atoms with Crippen molar-refractivity contribution in [2.24, 2.45) is 5.73 Å². The molecule has 0 aliphatic rings. The zero-order valence-corrected chi connectivity index (χ0v) is 10.8. The lowest BCUT2D eigenvalue weighted by atomic mass is 10.1. The first-order chi connectivity index (χ1) is 8.20. The van der Waals surface area contributed by atoms with E-state index in [2.05, 4.69) is 4.98 Å². The van der Waals surface area contributed by atoms with Crippen LogP contribution in [0.1, 0.15) is 24.9 Å². The largest absolute Gasteiger partial charge is 0.494 e. The second-order valence-corrected chi connectivity index (χ2v) is 4.71. The molecule has 1 heterocycles. The Morgan fingerprint density at radius 1 is 1.47 bits per heavy atom. The number of rotatable bonds is 4. The smallest absolute Gasteiger partial charge is 0.119 e. The summed E-state index contributed by atoms with van der Waals surface area (Å²) in [5.74, 6) is 0.875. The Balaban J connectivity index is 2.28. The Kier molecular flexibility index (Phi) is 3.76. The van der Waals surface area contributed by atoms with Gasteiger partial charge in [0.25, 0.3) is 0 Å². The lowest BCUT2D eigenvalue weighted by molar-refractivity contribution is 0.340. The van der Waals surface area contributed by atoms with Crippen molar-refractivity contribution in [3.8, 4) is 17.0 Å². The van der Waals surface area contributed by atoms with Crippen molar-refractivity contribution in [2.75, 3.05) is 6.61 Å². The molecule has 0 fully saturated rings. The van der Waals surface area contributed by atoms with Gasteiger partial charge in [0.2, 0.25) is 0 Å². The van der Waals surface area contributed by atoms with Crippen LogP contribution in [0.3, 0.4) is 0 Å². The molecule has 1 aromatic carbocycles. The molecule has 4 heteroatoms. The number of thiazole rings is 1. The molecule has 2 N–H and O–H groups in total. The first-order valence-electron chi connectivity index (χ1n) is 5.65.